The SMILES string of the molecule is CCC1CCCCC1C(=O)c1ccc(N)cn1. The van der Waals surface area contributed by atoms with E-state index in [1.165, 1.54) is 19.3 Å². The molecule has 2 atom stereocenters. The summed E-state index contributed by atoms with van der Waals surface area (Å²) in [6, 6.07) is 3.50. The highest BCUT2D eigenvalue weighted by atomic mass is 16.1. The van der Waals surface area contributed by atoms with Gasteiger partial charge < -0.3 is 5.73 Å². The zero-order chi connectivity index (χ0) is 12.3. The molecule has 1 aromatic rings. The van der Waals surface area contributed by atoms with Gasteiger partial charge in [-0.2, -0.15) is 0 Å². The molecule has 1 saturated carbocycles. The van der Waals surface area contributed by atoms with Crippen LogP contribution in [-0.2, 0) is 0 Å². The summed E-state index contributed by atoms with van der Waals surface area (Å²) in [5, 5.41) is 0. The normalized spacial score (nSPS) is 24.5. The Kier molecular flexibility index (Phi) is 3.77. The van der Waals surface area contributed by atoms with E-state index < -0.39 is 0 Å². The van der Waals surface area contributed by atoms with Gasteiger partial charge in [0.2, 0.25) is 0 Å². The number of carbonyl (C=O) groups is 1. The molecule has 0 radical (unpaired) electrons. The first-order valence-corrected chi connectivity index (χ1v) is 6.48. The Hall–Kier alpha value is -1.38. The van der Waals surface area contributed by atoms with Gasteiger partial charge in [0.05, 0.1) is 11.9 Å². The molecule has 1 aromatic heterocycles. The number of pyridine rings is 1. The Balaban J connectivity index is 2.15. The number of nitrogens with zero attached hydrogens (tertiary/aromatic N) is 1. The molecule has 2 N–H and O–H groups in total. The van der Waals surface area contributed by atoms with Gasteiger partial charge in [0.15, 0.2) is 5.78 Å². The summed E-state index contributed by atoms with van der Waals surface area (Å²) in [7, 11) is 0. The predicted molar refractivity (Wildman–Crippen MR) is 68.7 cm³/mol. The van der Waals surface area contributed by atoms with Crippen LogP contribution in [0.2, 0.25) is 0 Å². The summed E-state index contributed by atoms with van der Waals surface area (Å²) in [4.78, 5) is 16.5. The predicted octanol–water partition coefficient (Wildman–Crippen LogP) is 3.06. The fourth-order valence-electron chi connectivity index (χ4n) is 2.78. The number of hydrogen-bond acceptors (Lipinski definition) is 3. The third kappa shape index (κ3) is 2.65. The molecular weight excluding hydrogens is 212 g/mol. The van der Waals surface area contributed by atoms with E-state index in [1.54, 1.807) is 18.3 Å². The molecule has 0 saturated heterocycles. The number of rotatable bonds is 3. The molecule has 0 aliphatic heterocycles. The fourth-order valence-corrected chi connectivity index (χ4v) is 2.78. The van der Waals surface area contributed by atoms with Crippen molar-refractivity contribution in [3.05, 3.63) is 24.0 Å². The van der Waals surface area contributed by atoms with Crippen LogP contribution < -0.4 is 5.73 Å². The molecule has 1 fully saturated rings. The van der Waals surface area contributed by atoms with Crippen LogP contribution in [0.1, 0.15) is 49.5 Å². The molecule has 0 amide bonds. The van der Waals surface area contributed by atoms with Gasteiger partial charge in [-0.25, -0.2) is 0 Å². The molecule has 2 rings (SSSR count). The molecule has 0 spiro atoms. The first kappa shape index (κ1) is 12.1. The highest BCUT2D eigenvalue weighted by molar-refractivity contribution is 5.96. The van der Waals surface area contributed by atoms with Crippen molar-refractivity contribution < 1.29 is 4.79 Å². The summed E-state index contributed by atoms with van der Waals surface area (Å²) in [6.07, 6.45) is 7.28. The third-order valence-corrected chi connectivity index (χ3v) is 3.81. The van der Waals surface area contributed by atoms with Crippen LogP contribution in [0.5, 0.6) is 0 Å². The van der Waals surface area contributed by atoms with E-state index in [-0.39, 0.29) is 11.7 Å². The quantitative estimate of drug-likeness (QED) is 0.815. The second-order valence-corrected chi connectivity index (χ2v) is 4.90. The lowest BCUT2D eigenvalue weighted by Gasteiger charge is -2.29. The molecule has 0 bridgehead atoms. The van der Waals surface area contributed by atoms with E-state index in [1.807, 2.05) is 0 Å². The topological polar surface area (TPSA) is 56.0 Å². The van der Waals surface area contributed by atoms with E-state index in [0.29, 0.717) is 17.3 Å². The molecule has 1 heterocycles. The molecule has 17 heavy (non-hydrogen) atoms. The summed E-state index contributed by atoms with van der Waals surface area (Å²) in [5.74, 6) is 0.914. The summed E-state index contributed by atoms with van der Waals surface area (Å²) < 4.78 is 0. The molecular formula is C14H20N2O. The average molecular weight is 232 g/mol. The average Bonchev–Trinajstić information content (AvgIpc) is 2.39. The minimum Gasteiger partial charge on any atom is -0.397 e. The van der Waals surface area contributed by atoms with Gasteiger partial charge in [-0.3, -0.25) is 9.78 Å². The first-order chi connectivity index (χ1) is 8.22. The van der Waals surface area contributed by atoms with Crippen LogP contribution in [0.25, 0.3) is 0 Å². The van der Waals surface area contributed by atoms with Gasteiger partial charge in [0.25, 0.3) is 0 Å². The van der Waals surface area contributed by atoms with Crippen LogP contribution in [0.3, 0.4) is 0 Å². The number of Topliss-reactive ketones (excluding diaryl/α,β-unsaturated/α-hetero) is 1. The van der Waals surface area contributed by atoms with E-state index in [0.717, 1.165) is 12.8 Å². The second kappa shape index (κ2) is 5.30. The smallest absolute Gasteiger partial charge is 0.184 e. The number of hydrogen-bond donors (Lipinski definition) is 1. The monoisotopic (exact) mass is 232 g/mol. The minimum absolute atomic E-state index is 0.171. The number of ketones is 1. The highest BCUT2D eigenvalue weighted by Gasteiger charge is 2.30. The summed E-state index contributed by atoms with van der Waals surface area (Å²) in [6.45, 7) is 2.17. The lowest BCUT2D eigenvalue weighted by atomic mass is 9.75. The Morgan fingerprint density at radius 1 is 1.41 bits per heavy atom. The van der Waals surface area contributed by atoms with Crippen molar-refractivity contribution in [2.45, 2.75) is 39.0 Å². The third-order valence-electron chi connectivity index (χ3n) is 3.81. The number of nitrogens with two attached hydrogens (primary N) is 1. The lowest BCUT2D eigenvalue weighted by Crippen LogP contribution is -2.27. The maximum absolute atomic E-state index is 12.4. The zero-order valence-electron chi connectivity index (χ0n) is 10.4. The number of nitrogen functional groups attached to an aromatic ring is 1. The van der Waals surface area contributed by atoms with Crippen LogP contribution in [0.15, 0.2) is 18.3 Å². The van der Waals surface area contributed by atoms with Crippen molar-refractivity contribution in [1.29, 1.82) is 0 Å². The molecule has 92 valence electrons. The van der Waals surface area contributed by atoms with Crippen molar-refractivity contribution in [3.8, 4) is 0 Å². The number of aromatic nitrogens is 1. The maximum Gasteiger partial charge on any atom is 0.184 e. The Morgan fingerprint density at radius 2 is 2.18 bits per heavy atom. The molecule has 2 unspecified atom stereocenters. The molecule has 1 aliphatic rings. The zero-order valence-corrected chi connectivity index (χ0v) is 10.4. The van der Waals surface area contributed by atoms with E-state index in [9.17, 15) is 4.79 Å². The van der Waals surface area contributed by atoms with Gasteiger partial charge >= 0.3 is 0 Å². The van der Waals surface area contributed by atoms with Gasteiger partial charge in [0, 0.05) is 5.92 Å². The van der Waals surface area contributed by atoms with Crippen molar-refractivity contribution in [2.24, 2.45) is 11.8 Å². The van der Waals surface area contributed by atoms with Crippen molar-refractivity contribution in [1.82, 2.24) is 4.98 Å². The fraction of sp³-hybridized carbons (Fsp3) is 0.571. The van der Waals surface area contributed by atoms with E-state index >= 15 is 0 Å². The summed E-state index contributed by atoms with van der Waals surface area (Å²) in [5.41, 5.74) is 6.77. The van der Waals surface area contributed by atoms with Gasteiger partial charge in [0.1, 0.15) is 5.69 Å². The maximum atomic E-state index is 12.4. The van der Waals surface area contributed by atoms with Gasteiger partial charge in [-0.05, 0) is 30.9 Å². The summed E-state index contributed by atoms with van der Waals surface area (Å²) >= 11 is 0. The second-order valence-electron chi connectivity index (χ2n) is 4.90. The molecule has 3 heteroatoms. The Labute approximate surface area is 102 Å². The highest BCUT2D eigenvalue weighted by Crippen LogP contribution is 2.34. The Bertz CT molecular complexity index is 386. The van der Waals surface area contributed by atoms with Crippen molar-refractivity contribution in [2.75, 3.05) is 5.73 Å². The molecule has 1 aliphatic carbocycles. The minimum atomic E-state index is 0.171. The molecule has 0 aromatic carbocycles. The lowest BCUT2D eigenvalue weighted by molar-refractivity contribution is 0.0815. The van der Waals surface area contributed by atoms with Gasteiger partial charge in [-0.1, -0.05) is 26.2 Å². The number of anilines is 1. The van der Waals surface area contributed by atoms with Crippen LogP contribution in [0.4, 0.5) is 5.69 Å². The van der Waals surface area contributed by atoms with Crippen LogP contribution in [-0.4, -0.2) is 10.8 Å². The van der Waals surface area contributed by atoms with Crippen molar-refractivity contribution >= 4 is 11.5 Å². The van der Waals surface area contributed by atoms with Gasteiger partial charge in [-0.15, -0.1) is 0 Å². The van der Waals surface area contributed by atoms with Crippen LogP contribution >= 0.6 is 0 Å². The molecule has 3 nitrogen and oxygen atoms in total. The Morgan fingerprint density at radius 3 is 2.82 bits per heavy atom. The first-order valence-electron chi connectivity index (χ1n) is 6.48. The van der Waals surface area contributed by atoms with Crippen molar-refractivity contribution in [3.63, 3.8) is 0 Å². The number of carbonyl (C=O) groups excluding carboxylic acids is 1. The van der Waals surface area contributed by atoms with E-state index in [4.69, 9.17) is 5.73 Å². The standard InChI is InChI=1S/C14H20N2O/c1-2-10-5-3-4-6-12(10)14(17)13-8-7-11(15)9-16-13/h7-10,12H,2-6,15H2,1H3. The van der Waals surface area contributed by atoms with E-state index in [2.05, 4.69) is 11.9 Å². The largest absolute Gasteiger partial charge is 0.397 e. The van der Waals surface area contributed by atoms with Crippen LogP contribution in [0, 0.1) is 11.8 Å².